The van der Waals surface area contributed by atoms with E-state index >= 15 is 0 Å². The lowest BCUT2D eigenvalue weighted by Crippen LogP contribution is -2.32. The maximum Gasteiger partial charge on any atom is 0.355 e. The van der Waals surface area contributed by atoms with Crippen molar-refractivity contribution >= 4 is 18.0 Å². The molecule has 4 aromatic rings. The van der Waals surface area contributed by atoms with Gasteiger partial charge >= 0.3 is 5.97 Å². The molecule has 0 radical (unpaired) electrons. The summed E-state index contributed by atoms with van der Waals surface area (Å²) in [4.78, 5) is 41.2. The molecule has 6 nitrogen and oxygen atoms in total. The van der Waals surface area contributed by atoms with Crippen LogP contribution >= 0.6 is 0 Å². The Kier molecular flexibility index (Phi) is 11.9. The summed E-state index contributed by atoms with van der Waals surface area (Å²) in [5, 5.41) is 0. The monoisotopic (exact) mass is 562 g/mol. The maximum atomic E-state index is 13.5. The van der Waals surface area contributed by atoms with Crippen molar-refractivity contribution in [2.45, 2.75) is 44.9 Å². The Morgan fingerprint density at radius 1 is 0.857 bits per heavy atom. The Morgan fingerprint density at radius 3 is 2.21 bits per heavy atom. The van der Waals surface area contributed by atoms with Crippen molar-refractivity contribution in [2.75, 3.05) is 13.1 Å². The number of aromatic nitrogens is 1. The van der Waals surface area contributed by atoms with E-state index in [0.717, 1.165) is 30.4 Å². The highest BCUT2D eigenvalue weighted by Gasteiger charge is 2.18. The van der Waals surface area contributed by atoms with E-state index in [1.54, 1.807) is 24.5 Å². The number of carbonyl (C=O) groups is 2. The van der Waals surface area contributed by atoms with Crippen LogP contribution in [0.15, 0.2) is 116 Å². The quantitative estimate of drug-likeness (QED) is 0.0857. The van der Waals surface area contributed by atoms with Crippen molar-refractivity contribution in [1.29, 1.82) is 0 Å². The van der Waals surface area contributed by atoms with Gasteiger partial charge in [-0.2, -0.15) is 0 Å². The van der Waals surface area contributed by atoms with Gasteiger partial charge in [-0.3, -0.25) is 19.6 Å². The summed E-state index contributed by atoms with van der Waals surface area (Å²) in [6.45, 7) is 3.13. The van der Waals surface area contributed by atoms with Crippen molar-refractivity contribution < 1.29 is 19.4 Å². The van der Waals surface area contributed by atoms with Crippen molar-refractivity contribution in [3.8, 4) is 5.75 Å². The summed E-state index contributed by atoms with van der Waals surface area (Å²) in [7, 11) is 0. The highest BCUT2D eigenvalue weighted by atomic mass is 17.2. The average molecular weight is 563 g/mol. The van der Waals surface area contributed by atoms with Crippen molar-refractivity contribution in [3.63, 3.8) is 0 Å². The lowest BCUT2D eigenvalue weighted by molar-refractivity contribution is -0.213. The van der Waals surface area contributed by atoms with E-state index in [0.29, 0.717) is 31.7 Å². The second-order valence-corrected chi connectivity index (χ2v) is 10.1. The number of amides is 1. The van der Waals surface area contributed by atoms with Crippen LogP contribution < -0.4 is 4.89 Å². The predicted octanol–water partition coefficient (Wildman–Crippen LogP) is 7.42. The first kappa shape index (κ1) is 30.3. The van der Waals surface area contributed by atoms with Crippen LogP contribution in [0.3, 0.4) is 0 Å². The molecular weight excluding hydrogens is 524 g/mol. The first-order valence-electron chi connectivity index (χ1n) is 14.6. The van der Waals surface area contributed by atoms with Gasteiger partial charge in [0.1, 0.15) is 0 Å². The van der Waals surface area contributed by atoms with Gasteiger partial charge in [0.05, 0.1) is 0 Å². The fourth-order valence-corrected chi connectivity index (χ4v) is 4.83. The lowest BCUT2D eigenvalue weighted by atomic mass is 9.88. The minimum absolute atomic E-state index is 0.0217. The first-order valence-corrected chi connectivity index (χ1v) is 14.6. The minimum Gasteiger partial charge on any atom is -0.339 e. The van der Waals surface area contributed by atoms with Gasteiger partial charge in [-0.15, -0.1) is 0 Å². The van der Waals surface area contributed by atoms with Crippen LogP contribution in [-0.4, -0.2) is 34.8 Å². The molecule has 1 amide bonds. The molecule has 0 fully saturated rings. The highest BCUT2D eigenvalue weighted by molar-refractivity contribution is 5.91. The molecule has 0 bridgehead atoms. The van der Waals surface area contributed by atoms with E-state index in [1.807, 2.05) is 60.4 Å². The molecule has 0 saturated carbocycles. The number of hydrogen-bond donors (Lipinski definition) is 0. The zero-order valence-corrected chi connectivity index (χ0v) is 24.1. The average Bonchev–Trinajstić information content (AvgIpc) is 3.04. The van der Waals surface area contributed by atoms with Crippen molar-refractivity contribution in [1.82, 2.24) is 9.88 Å². The molecular formula is C36H38N2O4. The molecule has 0 spiro atoms. The zero-order valence-electron chi connectivity index (χ0n) is 24.1. The molecule has 0 unspecified atom stereocenters. The van der Waals surface area contributed by atoms with E-state index in [9.17, 15) is 9.59 Å². The standard InChI is InChI=1S/C36H38N2O4/c1-2-11-36(40)42-41-33-18-9-12-30(28-33)13-10-26-38(35(39)20-19-29-21-24-37-25-22-29)27-23-34(31-14-5-3-6-15-31)32-16-7-4-8-17-32/h3-9,12,14-22,24-25,28,34H,2,10-11,13,23,26-27H2,1H3. The fourth-order valence-electron chi connectivity index (χ4n) is 4.83. The van der Waals surface area contributed by atoms with Crippen LogP contribution in [0.1, 0.15) is 60.8 Å². The smallest absolute Gasteiger partial charge is 0.339 e. The molecule has 0 aliphatic heterocycles. The minimum atomic E-state index is -0.388. The summed E-state index contributed by atoms with van der Waals surface area (Å²) < 4.78 is 0. The second kappa shape index (κ2) is 16.5. The number of benzene rings is 3. The molecule has 6 heteroatoms. The number of hydrogen-bond acceptors (Lipinski definition) is 5. The largest absolute Gasteiger partial charge is 0.355 e. The molecule has 4 rings (SSSR count). The molecule has 0 saturated heterocycles. The zero-order chi connectivity index (χ0) is 29.4. The van der Waals surface area contributed by atoms with Crippen LogP contribution in [0.25, 0.3) is 6.08 Å². The molecule has 42 heavy (non-hydrogen) atoms. The van der Waals surface area contributed by atoms with Crippen LogP contribution in [0, 0.1) is 0 Å². The van der Waals surface area contributed by atoms with Crippen LogP contribution in [0.4, 0.5) is 0 Å². The molecule has 0 aliphatic rings. The second-order valence-electron chi connectivity index (χ2n) is 10.1. The predicted molar refractivity (Wildman–Crippen MR) is 166 cm³/mol. The number of nitrogens with zero attached hydrogens (tertiary/aromatic N) is 2. The number of pyridine rings is 1. The Hall–Kier alpha value is -4.71. The van der Waals surface area contributed by atoms with Crippen LogP contribution in [0.5, 0.6) is 5.75 Å². The van der Waals surface area contributed by atoms with E-state index in [-0.39, 0.29) is 17.8 Å². The summed E-state index contributed by atoms with van der Waals surface area (Å²) in [6, 6.07) is 32.2. The topological polar surface area (TPSA) is 68.7 Å². The first-order chi connectivity index (χ1) is 20.6. The van der Waals surface area contributed by atoms with E-state index in [4.69, 9.17) is 9.78 Å². The molecule has 0 N–H and O–H groups in total. The van der Waals surface area contributed by atoms with Gasteiger partial charge < -0.3 is 4.90 Å². The number of carbonyl (C=O) groups excluding carboxylic acids is 2. The third-order valence-electron chi connectivity index (χ3n) is 7.00. The summed E-state index contributed by atoms with van der Waals surface area (Å²) in [5.74, 6) is 0.252. The number of aryl methyl sites for hydroxylation is 1. The summed E-state index contributed by atoms with van der Waals surface area (Å²) >= 11 is 0. The molecule has 1 heterocycles. The Balaban J connectivity index is 1.44. The summed E-state index contributed by atoms with van der Waals surface area (Å²) in [6.07, 6.45) is 10.3. The normalized spacial score (nSPS) is 11.0. The SMILES string of the molecule is CCCC(=O)OOc1cccc(CCCN(CCC(c2ccccc2)c2ccccc2)C(=O)C=Cc2ccncc2)c1. The van der Waals surface area contributed by atoms with Gasteiger partial charge in [-0.25, -0.2) is 4.79 Å². The van der Waals surface area contributed by atoms with Gasteiger partial charge in [0.25, 0.3) is 0 Å². The summed E-state index contributed by atoms with van der Waals surface area (Å²) in [5.41, 5.74) is 4.45. The molecule has 0 aliphatic carbocycles. The Morgan fingerprint density at radius 2 is 1.55 bits per heavy atom. The van der Waals surface area contributed by atoms with E-state index in [1.165, 1.54) is 11.1 Å². The maximum absolute atomic E-state index is 13.5. The Bertz CT molecular complexity index is 1370. The van der Waals surface area contributed by atoms with Gasteiger partial charge in [0.2, 0.25) is 5.91 Å². The van der Waals surface area contributed by atoms with E-state index in [2.05, 4.69) is 53.5 Å². The molecule has 3 aromatic carbocycles. The van der Waals surface area contributed by atoms with Gasteiger partial charge in [-0.05, 0) is 78.3 Å². The third kappa shape index (κ3) is 9.73. The molecule has 1 aromatic heterocycles. The lowest BCUT2D eigenvalue weighted by Gasteiger charge is -2.25. The molecule has 0 atom stereocenters. The molecule has 216 valence electrons. The van der Waals surface area contributed by atoms with Gasteiger partial charge in [0, 0.05) is 43.9 Å². The van der Waals surface area contributed by atoms with Gasteiger partial charge in [-0.1, -0.05) is 79.7 Å². The third-order valence-corrected chi connectivity index (χ3v) is 7.00. The van der Waals surface area contributed by atoms with Crippen molar-refractivity contribution in [3.05, 3.63) is 138 Å². The fraction of sp³-hybridized carbons (Fsp3) is 0.250. The Labute approximate surface area is 248 Å². The van der Waals surface area contributed by atoms with E-state index < -0.39 is 0 Å². The van der Waals surface area contributed by atoms with Gasteiger partial charge in [0.15, 0.2) is 5.75 Å². The highest BCUT2D eigenvalue weighted by Crippen LogP contribution is 2.28. The van der Waals surface area contributed by atoms with Crippen LogP contribution in [-0.2, 0) is 20.9 Å². The number of rotatable bonds is 15. The van der Waals surface area contributed by atoms with Crippen molar-refractivity contribution in [2.24, 2.45) is 0 Å². The van der Waals surface area contributed by atoms with Crippen LogP contribution in [0.2, 0.25) is 0 Å².